The number of aromatic nitrogens is 4. The van der Waals surface area contributed by atoms with E-state index >= 15 is 0 Å². The summed E-state index contributed by atoms with van der Waals surface area (Å²) in [5, 5.41) is 11.0. The van der Waals surface area contributed by atoms with Crippen molar-refractivity contribution in [2.24, 2.45) is 0 Å². The number of alkyl halides is 6. The highest BCUT2D eigenvalue weighted by Gasteiger charge is 2.38. The number of piperidine rings is 1. The molecular weight excluding hydrogens is 600 g/mol. The molecule has 234 valence electrons. The number of pyridine rings is 2. The number of halogens is 6. The molecule has 0 unspecified atom stereocenters. The van der Waals surface area contributed by atoms with Crippen LogP contribution in [0.3, 0.4) is 0 Å². The lowest BCUT2D eigenvalue weighted by molar-refractivity contribution is -0.274. The Hall–Kier alpha value is -4.89. The van der Waals surface area contributed by atoms with Crippen LogP contribution >= 0.6 is 0 Å². The summed E-state index contributed by atoms with van der Waals surface area (Å²) in [6, 6.07) is 12.4. The van der Waals surface area contributed by atoms with E-state index in [2.05, 4.69) is 24.8 Å². The number of carboxylic acids is 1. The Bertz CT molecular complexity index is 1640. The molecular formula is C28H25F6N5O5. The van der Waals surface area contributed by atoms with Gasteiger partial charge in [-0.15, -0.1) is 13.2 Å². The third-order valence-electron chi connectivity index (χ3n) is 6.47. The van der Waals surface area contributed by atoms with Crippen molar-refractivity contribution in [2.75, 3.05) is 18.0 Å². The molecule has 1 saturated heterocycles. The first-order valence-electron chi connectivity index (χ1n) is 13.1. The van der Waals surface area contributed by atoms with Crippen molar-refractivity contribution in [3.8, 4) is 28.6 Å². The Morgan fingerprint density at radius 1 is 1.00 bits per heavy atom. The molecule has 3 aromatic heterocycles. The largest absolute Gasteiger partial charge is 0.573 e. The van der Waals surface area contributed by atoms with E-state index in [1.165, 1.54) is 18.6 Å². The second-order valence-electron chi connectivity index (χ2n) is 9.65. The summed E-state index contributed by atoms with van der Waals surface area (Å²) in [5.74, 6) is -2.05. The standard InChI is InChI=1S/C26H24F3N5O3.C2HF3O2/c1-17-5-10-21(24-31-23(32-37-24)19-6-8-20(9-7-19)36-26(27,28)29)25(35)34(17)16-18-11-12-30-22(15-18)33-13-3-2-4-14-33;3-2(4,5)1(6)7/h5-12,15H,2-4,13-14,16H2,1H3;(H,6,7). The minimum atomic E-state index is -5.08. The smallest absolute Gasteiger partial charge is 0.475 e. The van der Waals surface area contributed by atoms with Gasteiger partial charge in [0, 0.05) is 30.5 Å². The SMILES string of the molecule is Cc1ccc(-c2nc(-c3ccc(OC(F)(F)F)cc3)no2)c(=O)n1Cc1ccnc(N2CCCCC2)c1.O=C(O)C(F)(F)F. The summed E-state index contributed by atoms with van der Waals surface area (Å²) in [7, 11) is 0. The average Bonchev–Trinajstić information content (AvgIpc) is 3.45. The van der Waals surface area contributed by atoms with Gasteiger partial charge in [-0.25, -0.2) is 9.78 Å². The number of anilines is 1. The molecule has 0 radical (unpaired) electrons. The van der Waals surface area contributed by atoms with E-state index in [-0.39, 0.29) is 28.6 Å². The minimum Gasteiger partial charge on any atom is -0.475 e. The number of ether oxygens (including phenoxy) is 1. The molecule has 4 aromatic rings. The second-order valence-corrected chi connectivity index (χ2v) is 9.65. The molecule has 0 aliphatic carbocycles. The zero-order chi connectivity index (χ0) is 32.1. The maximum Gasteiger partial charge on any atom is 0.573 e. The Morgan fingerprint density at radius 3 is 2.27 bits per heavy atom. The maximum atomic E-state index is 13.4. The lowest BCUT2D eigenvalue weighted by Crippen LogP contribution is -2.30. The van der Waals surface area contributed by atoms with E-state index in [0.717, 1.165) is 55.1 Å². The summed E-state index contributed by atoms with van der Waals surface area (Å²) in [5.41, 5.74) is 2.07. The van der Waals surface area contributed by atoms with E-state index in [0.29, 0.717) is 12.1 Å². The van der Waals surface area contributed by atoms with Gasteiger partial charge in [0.15, 0.2) is 0 Å². The number of benzene rings is 1. The van der Waals surface area contributed by atoms with Crippen molar-refractivity contribution in [1.82, 2.24) is 19.7 Å². The zero-order valence-electron chi connectivity index (χ0n) is 23.0. The van der Waals surface area contributed by atoms with Crippen LogP contribution in [0.2, 0.25) is 0 Å². The van der Waals surface area contributed by atoms with Crippen LogP contribution < -0.4 is 15.2 Å². The quantitative estimate of drug-likeness (QED) is 0.263. The highest BCUT2D eigenvalue weighted by molar-refractivity contribution is 5.73. The van der Waals surface area contributed by atoms with E-state index in [4.69, 9.17) is 14.4 Å². The molecule has 0 spiro atoms. The van der Waals surface area contributed by atoms with E-state index in [9.17, 15) is 31.1 Å². The number of aliphatic carboxylic acids is 1. The van der Waals surface area contributed by atoms with Crippen molar-refractivity contribution >= 4 is 11.8 Å². The molecule has 1 aliphatic rings. The van der Waals surface area contributed by atoms with Crippen molar-refractivity contribution < 1.29 is 45.5 Å². The first kappa shape index (κ1) is 32.0. The molecule has 4 heterocycles. The van der Waals surface area contributed by atoms with Crippen LogP contribution in [0.5, 0.6) is 5.75 Å². The van der Waals surface area contributed by atoms with Gasteiger partial charge in [-0.3, -0.25) is 4.79 Å². The number of rotatable bonds is 6. The van der Waals surface area contributed by atoms with Crippen LogP contribution in [-0.2, 0) is 11.3 Å². The number of nitrogens with zero attached hydrogens (tertiary/aromatic N) is 5. The molecule has 0 atom stereocenters. The van der Waals surface area contributed by atoms with Gasteiger partial charge in [0.2, 0.25) is 5.82 Å². The molecule has 0 amide bonds. The van der Waals surface area contributed by atoms with Crippen molar-refractivity contribution in [3.63, 3.8) is 0 Å². The Balaban J connectivity index is 0.000000566. The Labute approximate surface area is 245 Å². The molecule has 0 bridgehead atoms. The normalized spacial score (nSPS) is 13.7. The summed E-state index contributed by atoms with van der Waals surface area (Å²) >= 11 is 0. The van der Waals surface area contributed by atoms with Crippen LogP contribution in [0, 0.1) is 6.92 Å². The highest BCUT2D eigenvalue weighted by Crippen LogP contribution is 2.27. The molecule has 5 rings (SSSR count). The Kier molecular flexibility index (Phi) is 9.59. The van der Waals surface area contributed by atoms with Gasteiger partial charge >= 0.3 is 18.5 Å². The molecule has 1 N–H and O–H groups in total. The van der Waals surface area contributed by atoms with E-state index in [1.807, 2.05) is 19.1 Å². The number of aryl methyl sites for hydroxylation is 1. The number of hydrogen-bond acceptors (Lipinski definition) is 8. The first-order chi connectivity index (χ1) is 20.7. The average molecular weight is 626 g/mol. The predicted molar refractivity (Wildman–Crippen MR) is 144 cm³/mol. The van der Waals surface area contributed by atoms with Crippen molar-refractivity contribution in [1.29, 1.82) is 0 Å². The predicted octanol–water partition coefficient (Wildman–Crippen LogP) is 5.84. The number of carboxylic acid groups (broad SMARTS) is 1. The highest BCUT2D eigenvalue weighted by atomic mass is 19.4. The van der Waals surface area contributed by atoms with Gasteiger partial charge in [-0.2, -0.15) is 18.2 Å². The van der Waals surface area contributed by atoms with Crippen LogP contribution in [0.1, 0.15) is 30.5 Å². The second kappa shape index (κ2) is 13.2. The molecule has 1 fully saturated rings. The Morgan fingerprint density at radius 2 is 1.66 bits per heavy atom. The van der Waals surface area contributed by atoms with Gasteiger partial charge in [0.1, 0.15) is 17.1 Å². The maximum absolute atomic E-state index is 13.4. The topological polar surface area (TPSA) is 124 Å². The van der Waals surface area contributed by atoms with E-state index in [1.54, 1.807) is 22.9 Å². The van der Waals surface area contributed by atoms with E-state index < -0.39 is 18.5 Å². The summed E-state index contributed by atoms with van der Waals surface area (Å²) in [4.78, 5) is 33.4. The fraction of sp³-hybridized carbons (Fsp3) is 0.321. The molecule has 10 nitrogen and oxygen atoms in total. The van der Waals surface area contributed by atoms with Gasteiger partial charge in [-0.05, 0) is 80.3 Å². The van der Waals surface area contributed by atoms with Gasteiger partial charge in [0.05, 0.1) is 6.54 Å². The molecule has 44 heavy (non-hydrogen) atoms. The number of hydrogen-bond donors (Lipinski definition) is 1. The molecule has 16 heteroatoms. The van der Waals surface area contributed by atoms with Gasteiger partial charge < -0.3 is 23.8 Å². The summed E-state index contributed by atoms with van der Waals surface area (Å²) in [6.07, 6.45) is -4.59. The van der Waals surface area contributed by atoms with Gasteiger partial charge in [0.25, 0.3) is 11.4 Å². The third kappa shape index (κ3) is 8.35. The van der Waals surface area contributed by atoms with Crippen molar-refractivity contribution in [2.45, 2.75) is 45.3 Å². The monoisotopic (exact) mass is 625 g/mol. The minimum absolute atomic E-state index is 0.0214. The molecule has 1 aliphatic heterocycles. The number of carbonyl (C=O) groups is 1. The van der Waals surface area contributed by atoms with Crippen LogP contribution in [0.15, 0.2) is 64.0 Å². The van der Waals surface area contributed by atoms with Crippen LogP contribution in [0.4, 0.5) is 32.2 Å². The fourth-order valence-electron chi connectivity index (χ4n) is 4.32. The lowest BCUT2D eigenvalue weighted by atomic mass is 10.1. The third-order valence-corrected chi connectivity index (χ3v) is 6.47. The van der Waals surface area contributed by atoms with Crippen molar-refractivity contribution in [3.05, 3.63) is 76.3 Å². The zero-order valence-corrected chi connectivity index (χ0v) is 23.0. The lowest BCUT2D eigenvalue weighted by Gasteiger charge is -2.28. The van der Waals surface area contributed by atoms with Gasteiger partial charge in [-0.1, -0.05) is 5.16 Å². The molecule has 1 aromatic carbocycles. The summed E-state index contributed by atoms with van der Waals surface area (Å²) in [6.45, 7) is 4.15. The fourth-order valence-corrected chi connectivity index (χ4v) is 4.32. The first-order valence-corrected chi connectivity index (χ1v) is 13.1. The van der Waals surface area contributed by atoms with Crippen LogP contribution in [-0.4, -0.2) is 56.4 Å². The summed E-state index contributed by atoms with van der Waals surface area (Å²) < 4.78 is 79.8. The molecule has 0 saturated carbocycles. The van der Waals surface area contributed by atoms with Crippen LogP contribution in [0.25, 0.3) is 22.8 Å².